The van der Waals surface area contributed by atoms with Crippen LogP contribution >= 0.6 is 9.03 Å². The predicted octanol–water partition coefficient (Wildman–Crippen LogP) is 4.81. The Hall–Kier alpha value is -3.77. The molecule has 19 nitrogen and oxygen atoms in total. The Labute approximate surface area is 375 Å². The van der Waals surface area contributed by atoms with Gasteiger partial charge in [0.1, 0.15) is 19.3 Å². The lowest BCUT2D eigenvalue weighted by Crippen LogP contribution is -2.41. The number of aliphatic carboxylic acids is 3. The Kier molecular flexibility index (Phi) is 40.9. The maximum absolute atomic E-state index is 12.3. The molecule has 0 aliphatic heterocycles. The van der Waals surface area contributed by atoms with Gasteiger partial charge in [-0.05, 0) is 60.4 Å². The highest BCUT2D eigenvalue weighted by molar-refractivity contribution is 7.04. The second-order valence-corrected chi connectivity index (χ2v) is 15.7. The van der Waals surface area contributed by atoms with Gasteiger partial charge in [0.15, 0.2) is 6.04 Å². The van der Waals surface area contributed by atoms with E-state index >= 15 is 0 Å². The van der Waals surface area contributed by atoms with Gasteiger partial charge in [-0.25, -0.2) is 9.59 Å². The Balaban J connectivity index is 3.61. The number of rotatable bonds is 47. The van der Waals surface area contributed by atoms with E-state index in [0.717, 1.165) is 38.5 Å². The van der Waals surface area contributed by atoms with Crippen molar-refractivity contribution in [3.05, 3.63) is 0 Å². The van der Waals surface area contributed by atoms with Crippen molar-refractivity contribution in [1.82, 2.24) is 21.3 Å². The molecule has 0 heterocycles. The molecule has 364 valence electrons. The van der Waals surface area contributed by atoms with Gasteiger partial charge in [-0.3, -0.25) is 28.7 Å². The molecular weight excluding hydrogens is 841 g/mol. The number of ether oxygens (including phenoxy) is 4. The third-order valence-electron chi connectivity index (χ3n) is 9.79. The van der Waals surface area contributed by atoms with Gasteiger partial charge in [0, 0.05) is 52.1 Å². The first kappa shape index (κ1) is 59.2. The minimum absolute atomic E-state index is 0.00601. The average Bonchev–Trinajstić information content (AvgIpc) is 3.24. The van der Waals surface area contributed by atoms with Crippen LogP contribution in [0.1, 0.15) is 148 Å². The summed E-state index contributed by atoms with van der Waals surface area (Å²) in [7, 11) is 2.86. The number of nitrogens with one attached hydrogen (secondary N) is 4. The summed E-state index contributed by atoms with van der Waals surface area (Å²) in [5.41, 5.74) is 0. The summed E-state index contributed by atoms with van der Waals surface area (Å²) < 4.78 is 25.2. The van der Waals surface area contributed by atoms with E-state index in [2.05, 4.69) is 35.0 Å². The van der Waals surface area contributed by atoms with Crippen LogP contribution < -0.4 is 21.3 Å². The lowest BCUT2D eigenvalue weighted by molar-refractivity contribution is -0.142. The summed E-state index contributed by atoms with van der Waals surface area (Å²) >= 11 is 0. The normalized spacial score (nSPS) is 11.9. The molecule has 63 heavy (non-hydrogen) atoms. The second kappa shape index (κ2) is 43.5. The summed E-state index contributed by atoms with van der Waals surface area (Å²) in [5, 5.41) is 37.7. The van der Waals surface area contributed by atoms with Crippen molar-refractivity contribution in [3.8, 4) is 0 Å². The first-order valence-electron chi connectivity index (χ1n) is 22.9. The van der Waals surface area contributed by atoms with E-state index in [0.29, 0.717) is 97.8 Å². The van der Waals surface area contributed by atoms with Crippen molar-refractivity contribution >= 4 is 50.6 Å². The maximum atomic E-state index is 12.3. The topological polar surface area (TPSA) is 278 Å². The van der Waals surface area contributed by atoms with Crippen LogP contribution in [0.15, 0.2) is 4.74 Å². The lowest BCUT2D eigenvalue weighted by Gasteiger charge is -2.14. The molecule has 0 saturated carbocycles. The fraction of sp³-hybridized carbons (Fsp3) is 0.837. The highest BCUT2D eigenvalue weighted by Gasteiger charge is 2.21. The molecule has 0 aliphatic carbocycles. The van der Waals surface area contributed by atoms with Gasteiger partial charge in [-0.1, -0.05) is 77.0 Å². The van der Waals surface area contributed by atoms with E-state index in [4.69, 9.17) is 29.2 Å². The summed E-state index contributed by atoms with van der Waals surface area (Å²) in [6, 6.07) is -1.93. The standard InChI is InChI=1S/C43H78N5O14P/c49-37(23-22-35(42(55)56)47-38(50)20-13-11-9-7-5-3-1-2-4-6-8-10-12-14-21-41(53)54)44-25-17-27-59-29-31-61-32-30-60-28-18-26-46-40(52)34-62-33-39(51)45-24-16-15-19-36(48-63)43(57)58/h35-36,63H,1-34H2,(H,44,49)(H,45,51)(H,46,52)(H,47,50)(H,53,54)(H,55,56)(H,57,58)/t35-,36-/m0/s1. The number of carbonyl (C=O) groups excluding carboxylic acids is 4. The number of hydrogen-bond donors (Lipinski definition) is 7. The highest BCUT2D eigenvalue weighted by Crippen LogP contribution is 2.14. The smallest absolute Gasteiger partial charge is 0.328 e. The minimum atomic E-state index is -1.16. The monoisotopic (exact) mass is 920 g/mol. The van der Waals surface area contributed by atoms with Crippen LogP contribution in [-0.2, 0) is 52.5 Å². The summed E-state index contributed by atoms with van der Waals surface area (Å²) in [6.45, 7) is 2.93. The van der Waals surface area contributed by atoms with Crippen LogP contribution in [0.2, 0.25) is 0 Å². The fourth-order valence-electron chi connectivity index (χ4n) is 6.19. The third-order valence-corrected chi connectivity index (χ3v) is 10.1. The molecule has 2 atom stereocenters. The number of carboxylic acids is 3. The van der Waals surface area contributed by atoms with Crippen LogP contribution in [0.4, 0.5) is 0 Å². The molecule has 0 aromatic carbocycles. The van der Waals surface area contributed by atoms with E-state index in [-0.39, 0.29) is 62.5 Å². The van der Waals surface area contributed by atoms with Crippen molar-refractivity contribution in [2.45, 2.75) is 160 Å². The van der Waals surface area contributed by atoms with Crippen LogP contribution in [0.5, 0.6) is 0 Å². The molecule has 0 unspecified atom stereocenters. The molecule has 0 aliphatic rings. The quantitative estimate of drug-likeness (QED) is 0.0319. The zero-order chi connectivity index (χ0) is 46.6. The van der Waals surface area contributed by atoms with Crippen LogP contribution in [0.25, 0.3) is 0 Å². The van der Waals surface area contributed by atoms with E-state index in [1.165, 1.54) is 44.9 Å². The van der Waals surface area contributed by atoms with E-state index in [1.54, 1.807) is 0 Å². The van der Waals surface area contributed by atoms with Crippen molar-refractivity contribution in [1.29, 1.82) is 0 Å². The van der Waals surface area contributed by atoms with Crippen LogP contribution in [-0.4, -0.2) is 141 Å². The zero-order valence-electron chi connectivity index (χ0n) is 37.5. The number of amides is 4. The maximum Gasteiger partial charge on any atom is 0.328 e. The van der Waals surface area contributed by atoms with Gasteiger partial charge in [0.2, 0.25) is 23.6 Å². The Morgan fingerprint density at radius 3 is 1.30 bits per heavy atom. The van der Waals surface area contributed by atoms with E-state index in [1.807, 2.05) is 0 Å². The average molecular weight is 920 g/mol. The number of hydrogen-bond acceptors (Lipinski definition) is 12. The van der Waals surface area contributed by atoms with Gasteiger partial charge in [-0.2, -0.15) is 0 Å². The van der Waals surface area contributed by atoms with Gasteiger partial charge < -0.3 is 55.5 Å². The van der Waals surface area contributed by atoms with Gasteiger partial charge in [-0.15, -0.1) is 0 Å². The van der Waals surface area contributed by atoms with Crippen molar-refractivity contribution in [3.63, 3.8) is 0 Å². The van der Waals surface area contributed by atoms with E-state index < -0.39 is 30.0 Å². The highest BCUT2D eigenvalue weighted by atomic mass is 31.0. The first-order valence-corrected chi connectivity index (χ1v) is 23.3. The fourth-order valence-corrected chi connectivity index (χ4v) is 6.43. The van der Waals surface area contributed by atoms with Crippen LogP contribution in [0.3, 0.4) is 0 Å². The molecule has 0 fully saturated rings. The van der Waals surface area contributed by atoms with E-state index in [9.17, 15) is 38.7 Å². The second-order valence-electron chi connectivity index (χ2n) is 15.4. The largest absolute Gasteiger partial charge is 0.481 e. The number of carboxylic acid groups (broad SMARTS) is 3. The molecule has 0 rings (SSSR count). The zero-order valence-corrected chi connectivity index (χ0v) is 38.5. The molecule has 20 heteroatoms. The number of unbranched alkanes of at least 4 members (excludes halogenated alkanes) is 14. The third kappa shape index (κ3) is 42.0. The van der Waals surface area contributed by atoms with Gasteiger partial charge in [0.25, 0.3) is 0 Å². The Morgan fingerprint density at radius 1 is 0.429 bits per heavy atom. The molecule has 0 spiro atoms. The molecule has 0 bridgehead atoms. The molecule has 0 aromatic rings. The van der Waals surface area contributed by atoms with Crippen molar-refractivity contribution in [2.24, 2.45) is 4.74 Å². The first-order chi connectivity index (χ1) is 30.5. The Morgan fingerprint density at radius 2 is 0.857 bits per heavy atom. The van der Waals surface area contributed by atoms with Crippen molar-refractivity contribution < 1.29 is 67.8 Å². The molecule has 0 aromatic heterocycles. The SMILES string of the molecule is O=C(O)CCCCCCCCCCCCCCCCC(=O)N[C@@H](CCC(=O)NCCCOCCOCCOCCCNC(=O)COCC(=O)NCCCC[C@H](N=P)C(=O)O)C(=O)O. The molecular formula is C43H78N5O14P. The predicted molar refractivity (Wildman–Crippen MR) is 238 cm³/mol. The summed E-state index contributed by atoms with van der Waals surface area (Å²) in [5.74, 6) is -4.21. The summed E-state index contributed by atoms with van der Waals surface area (Å²) in [4.78, 5) is 81.3. The molecule has 0 radical (unpaired) electrons. The summed E-state index contributed by atoms with van der Waals surface area (Å²) in [6.07, 6.45) is 18.3. The number of nitrogens with zero attached hydrogens (tertiary/aromatic N) is 1. The van der Waals surface area contributed by atoms with Gasteiger partial charge in [0.05, 0.1) is 26.4 Å². The Bertz CT molecular complexity index is 1260. The van der Waals surface area contributed by atoms with Crippen LogP contribution in [0, 0.1) is 0 Å². The number of carbonyl (C=O) groups is 7. The molecule has 0 saturated heterocycles. The van der Waals surface area contributed by atoms with Crippen molar-refractivity contribution in [2.75, 3.05) is 72.5 Å². The molecule has 7 N–H and O–H groups in total. The van der Waals surface area contributed by atoms with Gasteiger partial charge >= 0.3 is 17.9 Å². The minimum Gasteiger partial charge on any atom is -0.481 e. The lowest BCUT2D eigenvalue weighted by atomic mass is 10.0. The molecule has 4 amide bonds.